The van der Waals surface area contributed by atoms with Gasteiger partial charge in [-0.1, -0.05) is 71.9 Å². The highest BCUT2D eigenvalue weighted by molar-refractivity contribution is 8.00. The average Bonchev–Trinajstić information content (AvgIpc) is 3.39. The normalized spacial score (nSPS) is 16.0. The summed E-state index contributed by atoms with van der Waals surface area (Å²) in [6.45, 7) is 2.87. The van der Waals surface area contributed by atoms with Crippen LogP contribution in [0.2, 0.25) is 0 Å². The number of carbonyl (C=O) groups is 1. The smallest absolute Gasteiger partial charge is 0.319 e. The molecule has 4 aromatic rings. The minimum Gasteiger partial charge on any atom is -0.465 e. The van der Waals surface area contributed by atoms with Gasteiger partial charge in [0.2, 0.25) is 0 Å². The van der Waals surface area contributed by atoms with Crippen LogP contribution in [-0.4, -0.2) is 27.4 Å². The molecule has 156 valence electrons. The van der Waals surface area contributed by atoms with Gasteiger partial charge in [0.05, 0.1) is 18.7 Å². The van der Waals surface area contributed by atoms with Gasteiger partial charge in [0, 0.05) is 11.3 Å². The number of hydrogen-bond donors (Lipinski definition) is 0. The lowest BCUT2D eigenvalue weighted by atomic mass is 10.1. The lowest BCUT2D eigenvalue weighted by molar-refractivity contribution is -0.137. The Morgan fingerprint density at radius 3 is 2.61 bits per heavy atom. The summed E-state index contributed by atoms with van der Waals surface area (Å²) in [5.41, 5.74) is 3.86. The highest BCUT2D eigenvalue weighted by atomic mass is 32.2. The SMILES string of the molecule is Cc1ccc(-c2cc3nc(S[C@H]4CCOC4=O)n(Cc4ccccc4)c(=O)c3s2)cc1. The molecule has 2 aromatic heterocycles. The summed E-state index contributed by atoms with van der Waals surface area (Å²) in [7, 11) is 0. The molecule has 31 heavy (non-hydrogen) atoms. The molecule has 5 nitrogen and oxygen atoms in total. The van der Waals surface area contributed by atoms with Gasteiger partial charge in [-0.05, 0) is 24.1 Å². The van der Waals surface area contributed by atoms with E-state index in [-0.39, 0.29) is 16.8 Å². The van der Waals surface area contributed by atoms with Gasteiger partial charge < -0.3 is 4.74 Å². The molecule has 0 radical (unpaired) electrons. The molecule has 0 saturated carbocycles. The molecule has 1 atom stereocenters. The van der Waals surface area contributed by atoms with E-state index in [9.17, 15) is 9.59 Å². The number of cyclic esters (lactones) is 1. The van der Waals surface area contributed by atoms with Crippen LogP contribution in [0.25, 0.3) is 20.7 Å². The van der Waals surface area contributed by atoms with Crippen molar-refractivity contribution in [2.45, 2.75) is 30.3 Å². The zero-order chi connectivity index (χ0) is 21.4. The number of ether oxygens (including phenoxy) is 1. The number of esters is 1. The average molecular weight is 449 g/mol. The Labute approximate surface area is 187 Å². The third-order valence-corrected chi connectivity index (χ3v) is 7.65. The lowest BCUT2D eigenvalue weighted by Crippen LogP contribution is -2.24. The molecule has 0 amide bonds. The second kappa shape index (κ2) is 8.32. The summed E-state index contributed by atoms with van der Waals surface area (Å²) in [5.74, 6) is -0.240. The number of fused-ring (bicyclic) bond motifs is 1. The van der Waals surface area contributed by atoms with Crippen molar-refractivity contribution < 1.29 is 9.53 Å². The third kappa shape index (κ3) is 4.03. The minimum absolute atomic E-state index is 0.0777. The fraction of sp³-hybridized carbons (Fsp3) is 0.208. The Kier molecular flexibility index (Phi) is 5.38. The van der Waals surface area contributed by atoms with E-state index < -0.39 is 0 Å². The molecule has 5 rings (SSSR count). The Hall–Kier alpha value is -2.90. The Bertz CT molecular complexity index is 1310. The van der Waals surface area contributed by atoms with Crippen molar-refractivity contribution >= 4 is 39.3 Å². The predicted molar refractivity (Wildman–Crippen MR) is 125 cm³/mol. The molecule has 0 unspecified atom stereocenters. The maximum Gasteiger partial charge on any atom is 0.319 e. The first-order chi connectivity index (χ1) is 15.1. The summed E-state index contributed by atoms with van der Waals surface area (Å²) in [6, 6.07) is 20.0. The molecular formula is C24H20N2O3S2. The van der Waals surface area contributed by atoms with E-state index in [4.69, 9.17) is 9.72 Å². The van der Waals surface area contributed by atoms with Crippen LogP contribution in [0.5, 0.6) is 0 Å². The van der Waals surface area contributed by atoms with Crippen molar-refractivity contribution in [1.82, 2.24) is 9.55 Å². The number of thioether (sulfide) groups is 1. The molecule has 3 heterocycles. The molecule has 0 bridgehead atoms. The predicted octanol–water partition coefficient (Wildman–Crippen LogP) is 4.89. The number of rotatable bonds is 5. The monoisotopic (exact) mass is 448 g/mol. The van der Waals surface area contributed by atoms with E-state index in [1.54, 1.807) is 4.57 Å². The Morgan fingerprint density at radius 1 is 1.13 bits per heavy atom. The van der Waals surface area contributed by atoms with Crippen LogP contribution >= 0.6 is 23.1 Å². The highest BCUT2D eigenvalue weighted by Gasteiger charge is 2.30. The van der Waals surface area contributed by atoms with E-state index in [1.807, 2.05) is 36.4 Å². The van der Waals surface area contributed by atoms with Crippen LogP contribution in [-0.2, 0) is 16.1 Å². The number of hydrogen-bond acceptors (Lipinski definition) is 6. The van der Waals surface area contributed by atoms with Gasteiger partial charge in [-0.15, -0.1) is 11.3 Å². The molecule has 1 aliphatic heterocycles. The number of aryl methyl sites for hydroxylation is 1. The van der Waals surface area contributed by atoms with Gasteiger partial charge in [-0.2, -0.15) is 0 Å². The Morgan fingerprint density at radius 2 is 1.90 bits per heavy atom. The van der Waals surface area contributed by atoms with E-state index >= 15 is 0 Å². The lowest BCUT2D eigenvalue weighted by Gasteiger charge is -2.13. The van der Waals surface area contributed by atoms with Gasteiger partial charge in [0.1, 0.15) is 9.95 Å². The molecular weight excluding hydrogens is 428 g/mol. The summed E-state index contributed by atoms with van der Waals surface area (Å²) in [4.78, 5) is 31.4. The van der Waals surface area contributed by atoms with Gasteiger partial charge in [0.25, 0.3) is 5.56 Å². The summed E-state index contributed by atoms with van der Waals surface area (Å²) in [5, 5.41) is 0.222. The minimum atomic E-state index is -0.332. The zero-order valence-electron chi connectivity index (χ0n) is 16.9. The quantitative estimate of drug-likeness (QED) is 0.321. The highest BCUT2D eigenvalue weighted by Crippen LogP contribution is 2.34. The Balaban J connectivity index is 1.62. The van der Waals surface area contributed by atoms with E-state index in [1.165, 1.54) is 28.7 Å². The maximum absolute atomic E-state index is 13.5. The van der Waals surface area contributed by atoms with E-state index in [0.717, 1.165) is 16.0 Å². The van der Waals surface area contributed by atoms with Crippen molar-refractivity contribution in [1.29, 1.82) is 0 Å². The van der Waals surface area contributed by atoms with Gasteiger partial charge in [-0.3, -0.25) is 14.2 Å². The van der Waals surface area contributed by atoms with Crippen molar-refractivity contribution in [2.24, 2.45) is 0 Å². The molecule has 2 aromatic carbocycles. The molecule has 1 saturated heterocycles. The molecule has 7 heteroatoms. The van der Waals surface area contributed by atoms with Crippen molar-refractivity contribution in [2.75, 3.05) is 6.61 Å². The van der Waals surface area contributed by atoms with Crippen molar-refractivity contribution in [3.05, 3.63) is 82.1 Å². The van der Waals surface area contributed by atoms with Crippen LogP contribution in [0.1, 0.15) is 17.5 Å². The van der Waals surface area contributed by atoms with E-state index in [2.05, 4.69) is 31.2 Å². The number of nitrogens with zero attached hydrogens (tertiary/aromatic N) is 2. The van der Waals surface area contributed by atoms with Gasteiger partial charge in [0.15, 0.2) is 5.16 Å². The molecule has 0 N–H and O–H groups in total. The fourth-order valence-corrected chi connectivity index (χ4v) is 5.67. The standard InChI is InChI=1S/C24H20N2O3S2/c1-15-7-9-17(10-8-15)20-13-18-21(30-20)22(27)26(14-16-5-3-2-4-6-16)24(25-18)31-19-11-12-29-23(19)28/h2-10,13,19H,11-12,14H2,1H3/t19-/m0/s1. The van der Waals surface area contributed by atoms with Crippen LogP contribution in [0.15, 0.2) is 70.6 Å². The number of carbonyl (C=O) groups excluding carboxylic acids is 1. The van der Waals surface area contributed by atoms with Crippen molar-refractivity contribution in [3.8, 4) is 10.4 Å². The van der Waals surface area contributed by atoms with Crippen LogP contribution in [0.4, 0.5) is 0 Å². The zero-order valence-corrected chi connectivity index (χ0v) is 18.5. The molecule has 1 fully saturated rings. The maximum atomic E-state index is 13.5. The summed E-state index contributed by atoms with van der Waals surface area (Å²) < 4.78 is 7.43. The topological polar surface area (TPSA) is 61.2 Å². The first-order valence-electron chi connectivity index (χ1n) is 10.1. The van der Waals surface area contributed by atoms with Crippen LogP contribution in [0, 0.1) is 6.92 Å². The second-order valence-electron chi connectivity index (χ2n) is 7.52. The molecule has 0 spiro atoms. The summed E-state index contributed by atoms with van der Waals surface area (Å²) in [6.07, 6.45) is 0.626. The van der Waals surface area contributed by atoms with E-state index in [0.29, 0.717) is 34.9 Å². The fourth-order valence-electron chi connectivity index (χ4n) is 3.56. The second-order valence-corrected chi connectivity index (χ2v) is 9.75. The number of benzene rings is 2. The first-order valence-corrected chi connectivity index (χ1v) is 11.8. The third-order valence-electron chi connectivity index (χ3n) is 5.25. The van der Waals surface area contributed by atoms with Gasteiger partial charge in [-0.25, -0.2) is 4.98 Å². The van der Waals surface area contributed by atoms with Crippen molar-refractivity contribution in [3.63, 3.8) is 0 Å². The molecule has 1 aliphatic rings. The van der Waals surface area contributed by atoms with Gasteiger partial charge >= 0.3 is 5.97 Å². The number of aromatic nitrogens is 2. The molecule has 0 aliphatic carbocycles. The largest absolute Gasteiger partial charge is 0.465 e. The van der Waals surface area contributed by atoms with Crippen LogP contribution < -0.4 is 5.56 Å². The number of thiophene rings is 1. The first kappa shape index (κ1) is 20.0. The van der Waals surface area contributed by atoms with Crippen LogP contribution in [0.3, 0.4) is 0 Å². The summed E-state index contributed by atoms with van der Waals surface area (Å²) >= 11 is 2.79.